The summed E-state index contributed by atoms with van der Waals surface area (Å²) in [5, 5.41) is 7.85. The predicted octanol–water partition coefficient (Wildman–Crippen LogP) is 4.32. The molecule has 1 atom stereocenters. The van der Waals surface area contributed by atoms with Crippen LogP contribution in [0.25, 0.3) is 0 Å². The highest BCUT2D eigenvalue weighted by molar-refractivity contribution is 5.88. The van der Waals surface area contributed by atoms with E-state index in [-0.39, 0.29) is 11.9 Å². The van der Waals surface area contributed by atoms with Gasteiger partial charge in [-0.15, -0.1) is 0 Å². The van der Waals surface area contributed by atoms with E-state index < -0.39 is 0 Å². The number of nitrogens with zero attached hydrogens (tertiary/aromatic N) is 2. The van der Waals surface area contributed by atoms with Gasteiger partial charge in [-0.3, -0.25) is 9.48 Å². The molecule has 136 valence electrons. The Morgan fingerprint density at radius 1 is 1.12 bits per heavy atom. The number of benzene rings is 1. The van der Waals surface area contributed by atoms with Crippen LogP contribution in [0.2, 0.25) is 0 Å². The van der Waals surface area contributed by atoms with Gasteiger partial charge in [-0.1, -0.05) is 42.3 Å². The number of aromatic nitrogens is 2. The van der Waals surface area contributed by atoms with Crippen molar-refractivity contribution in [3.63, 3.8) is 0 Å². The number of fused-ring (bicyclic) bond motifs is 1. The molecule has 1 heterocycles. The molecule has 0 saturated heterocycles. The first kappa shape index (κ1) is 17.1. The molecule has 4 nitrogen and oxygen atoms in total. The van der Waals surface area contributed by atoms with Gasteiger partial charge in [0.1, 0.15) is 0 Å². The summed E-state index contributed by atoms with van der Waals surface area (Å²) in [6.07, 6.45) is 12.8. The number of allylic oxidation sites excluding steroid dienone is 1. The number of carbonyl (C=O) groups excluding carboxylic acids is 1. The van der Waals surface area contributed by atoms with E-state index in [0.29, 0.717) is 0 Å². The van der Waals surface area contributed by atoms with Crippen molar-refractivity contribution in [2.45, 2.75) is 64.0 Å². The van der Waals surface area contributed by atoms with Crippen LogP contribution in [-0.2, 0) is 17.8 Å². The highest BCUT2D eigenvalue weighted by Crippen LogP contribution is 2.30. The number of rotatable bonds is 4. The Morgan fingerprint density at radius 3 is 2.73 bits per heavy atom. The average molecular weight is 349 g/mol. The van der Waals surface area contributed by atoms with Crippen LogP contribution < -0.4 is 5.32 Å². The van der Waals surface area contributed by atoms with Crippen LogP contribution in [0.3, 0.4) is 0 Å². The largest absolute Gasteiger partial charge is 0.346 e. The molecular formula is C22H27N3O. The van der Waals surface area contributed by atoms with Gasteiger partial charge in [-0.2, -0.15) is 5.10 Å². The van der Waals surface area contributed by atoms with Crippen molar-refractivity contribution in [1.82, 2.24) is 15.1 Å². The second kappa shape index (κ2) is 7.90. The monoisotopic (exact) mass is 349 g/mol. The number of hydrogen-bond acceptors (Lipinski definition) is 2. The summed E-state index contributed by atoms with van der Waals surface area (Å²) in [7, 11) is 0. The number of amides is 1. The SMILES string of the molecule is O=C(C=C1CCCCC1)N[C@H]1CCCc2c1cnn2Cc1ccccc1. The average Bonchev–Trinajstić information content (AvgIpc) is 3.07. The smallest absolute Gasteiger partial charge is 0.244 e. The Balaban J connectivity index is 1.46. The molecule has 2 aromatic rings. The summed E-state index contributed by atoms with van der Waals surface area (Å²) in [5.41, 5.74) is 5.04. The quantitative estimate of drug-likeness (QED) is 0.836. The second-order valence-electron chi connectivity index (χ2n) is 7.51. The summed E-state index contributed by atoms with van der Waals surface area (Å²) in [6, 6.07) is 10.5. The van der Waals surface area contributed by atoms with Gasteiger partial charge >= 0.3 is 0 Å². The molecule has 1 saturated carbocycles. The minimum absolute atomic E-state index is 0.0653. The zero-order chi connectivity index (χ0) is 17.8. The molecule has 0 aliphatic heterocycles. The molecule has 1 aromatic heterocycles. The van der Waals surface area contributed by atoms with Crippen LogP contribution in [0.1, 0.15) is 67.8 Å². The summed E-state index contributed by atoms with van der Waals surface area (Å²) in [5.74, 6) is 0.0653. The van der Waals surface area contributed by atoms with Gasteiger partial charge in [0, 0.05) is 17.3 Å². The van der Waals surface area contributed by atoms with E-state index in [4.69, 9.17) is 0 Å². The molecule has 4 rings (SSSR count). The van der Waals surface area contributed by atoms with Gasteiger partial charge in [0.05, 0.1) is 18.8 Å². The van der Waals surface area contributed by atoms with Crippen molar-refractivity contribution in [2.75, 3.05) is 0 Å². The third-order valence-corrected chi connectivity index (χ3v) is 5.59. The Kier molecular flexibility index (Phi) is 5.19. The molecule has 1 fully saturated rings. The topological polar surface area (TPSA) is 46.9 Å². The maximum atomic E-state index is 12.5. The van der Waals surface area contributed by atoms with Crippen molar-refractivity contribution in [3.8, 4) is 0 Å². The molecule has 2 aliphatic carbocycles. The number of nitrogens with one attached hydrogen (secondary N) is 1. The van der Waals surface area contributed by atoms with Crippen molar-refractivity contribution in [1.29, 1.82) is 0 Å². The summed E-state index contributed by atoms with van der Waals surface area (Å²) >= 11 is 0. The molecule has 4 heteroatoms. The lowest BCUT2D eigenvalue weighted by Crippen LogP contribution is -2.30. The minimum Gasteiger partial charge on any atom is -0.346 e. The fourth-order valence-electron chi connectivity index (χ4n) is 4.21. The lowest BCUT2D eigenvalue weighted by molar-refractivity contribution is -0.117. The van der Waals surface area contributed by atoms with E-state index in [9.17, 15) is 4.79 Å². The van der Waals surface area contributed by atoms with Crippen molar-refractivity contribution in [3.05, 3.63) is 65.0 Å². The molecule has 0 bridgehead atoms. The number of carbonyl (C=O) groups is 1. The fourth-order valence-corrected chi connectivity index (χ4v) is 4.21. The molecular weight excluding hydrogens is 322 g/mol. The Labute approximate surface area is 155 Å². The molecule has 0 spiro atoms. The van der Waals surface area contributed by atoms with E-state index in [1.807, 2.05) is 18.3 Å². The summed E-state index contributed by atoms with van der Waals surface area (Å²) < 4.78 is 2.10. The lowest BCUT2D eigenvalue weighted by atomic mass is 9.92. The first-order valence-electron chi connectivity index (χ1n) is 9.88. The molecule has 1 aromatic carbocycles. The third-order valence-electron chi connectivity index (χ3n) is 5.59. The van der Waals surface area contributed by atoms with Crippen molar-refractivity contribution >= 4 is 5.91 Å². The third kappa shape index (κ3) is 3.90. The van der Waals surface area contributed by atoms with Crippen LogP contribution in [0, 0.1) is 0 Å². The van der Waals surface area contributed by atoms with Gasteiger partial charge in [0.15, 0.2) is 0 Å². The van der Waals surface area contributed by atoms with Crippen molar-refractivity contribution in [2.24, 2.45) is 0 Å². The molecule has 0 unspecified atom stereocenters. The van der Waals surface area contributed by atoms with Crippen LogP contribution in [-0.4, -0.2) is 15.7 Å². The molecule has 0 radical (unpaired) electrons. The highest BCUT2D eigenvalue weighted by atomic mass is 16.1. The second-order valence-corrected chi connectivity index (χ2v) is 7.51. The Morgan fingerprint density at radius 2 is 1.92 bits per heavy atom. The maximum Gasteiger partial charge on any atom is 0.244 e. The Hall–Kier alpha value is -2.36. The van der Waals surface area contributed by atoms with Gasteiger partial charge in [0.25, 0.3) is 0 Å². The standard InChI is InChI=1S/C22H27N3O/c26-22(14-17-8-3-1-4-9-17)24-20-12-7-13-21-19(20)15-23-25(21)16-18-10-5-2-6-11-18/h2,5-6,10-11,14-15,20H,1,3-4,7-9,12-13,16H2,(H,24,26)/t20-/m0/s1. The number of hydrogen-bond donors (Lipinski definition) is 1. The molecule has 1 amide bonds. The van der Waals surface area contributed by atoms with Crippen LogP contribution in [0.15, 0.2) is 48.2 Å². The van der Waals surface area contributed by atoms with Gasteiger partial charge in [-0.05, 0) is 50.5 Å². The highest BCUT2D eigenvalue weighted by Gasteiger charge is 2.25. The Bertz CT molecular complexity index is 783. The first-order valence-corrected chi connectivity index (χ1v) is 9.88. The minimum atomic E-state index is 0.0653. The maximum absolute atomic E-state index is 12.5. The van der Waals surface area contributed by atoms with Gasteiger partial charge in [-0.25, -0.2) is 0 Å². The van der Waals surface area contributed by atoms with E-state index in [0.717, 1.165) is 38.6 Å². The fraction of sp³-hybridized carbons (Fsp3) is 0.455. The van der Waals surface area contributed by atoms with E-state index in [2.05, 4.69) is 39.4 Å². The zero-order valence-electron chi connectivity index (χ0n) is 15.3. The van der Waals surface area contributed by atoms with E-state index in [1.54, 1.807) is 0 Å². The normalized spacial score (nSPS) is 19.7. The summed E-state index contributed by atoms with van der Waals surface area (Å²) in [6.45, 7) is 0.793. The predicted molar refractivity (Wildman–Crippen MR) is 103 cm³/mol. The van der Waals surface area contributed by atoms with Gasteiger partial charge < -0.3 is 5.32 Å². The lowest BCUT2D eigenvalue weighted by Gasteiger charge is -2.24. The first-order chi connectivity index (χ1) is 12.8. The summed E-state index contributed by atoms with van der Waals surface area (Å²) in [4.78, 5) is 12.5. The molecule has 2 aliphatic rings. The van der Waals surface area contributed by atoms with E-state index >= 15 is 0 Å². The van der Waals surface area contributed by atoms with Gasteiger partial charge in [0.2, 0.25) is 5.91 Å². The van der Waals surface area contributed by atoms with Crippen LogP contribution in [0.5, 0.6) is 0 Å². The zero-order valence-corrected chi connectivity index (χ0v) is 15.3. The molecule has 26 heavy (non-hydrogen) atoms. The van der Waals surface area contributed by atoms with Crippen molar-refractivity contribution < 1.29 is 4.79 Å². The van der Waals surface area contributed by atoms with E-state index in [1.165, 1.54) is 41.7 Å². The van der Waals surface area contributed by atoms with Crippen LogP contribution in [0.4, 0.5) is 0 Å². The molecule has 1 N–H and O–H groups in total. The van der Waals surface area contributed by atoms with Crippen LogP contribution >= 0.6 is 0 Å².